The van der Waals surface area contributed by atoms with Gasteiger partial charge >= 0.3 is 0 Å². The monoisotopic (exact) mass is 427 g/mol. The smallest absolute Gasteiger partial charge is 0.216 e. The summed E-state index contributed by atoms with van der Waals surface area (Å²) in [7, 11) is -2.58. The predicted molar refractivity (Wildman–Crippen MR) is 119 cm³/mol. The third-order valence-electron chi connectivity index (χ3n) is 4.80. The average Bonchev–Trinajstić information content (AvgIpc) is 2.65. The lowest BCUT2D eigenvalue weighted by Gasteiger charge is -2.28. The molecule has 5 nitrogen and oxygen atoms in total. The molecule has 2 aromatic carbocycles. The van der Waals surface area contributed by atoms with Gasteiger partial charge in [-0.3, -0.25) is 0 Å². The predicted octanol–water partition coefficient (Wildman–Crippen LogP) is 5.33. The Bertz CT molecular complexity index is 1090. The van der Waals surface area contributed by atoms with E-state index in [0.29, 0.717) is 22.4 Å². The fourth-order valence-corrected chi connectivity index (χ4v) is 4.29. The molecule has 0 radical (unpaired) electrons. The molecule has 0 fully saturated rings. The van der Waals surface area contributed by atoms with Gasteiger partial charge in [0.05, 0.1) is 12.0 Å². The van der Waals surface area contributed by atoms with Crippen LogP contribution in [0.1, 0.15) is 58.2 Å². The first-order valence-corrected chi connectivity index (χ1v) is 11.1. The Kier molecular flexibility index (Phi) is 6.39. The molecular weight excluding hydrogens is 398 g/mol. The molecule has 0 unspecified atom stereocenters. The van der Waals surface area contributed by atoms with Crippen LogP contribution in [-0.2, 0) is 20.7 Å². The summed E-state index contributed by atoms with van der Waals surface area (Å²) >= 11 is 0. The van der Waals surface area contributed by atoms with E-state index in [1.807, 2.05) is 47.6 Å². The molecule has 1 N–H and O–H groups in total. The van der Waals surface area contributed by atoms with Crippen LogP contribution in [0.5, 0.6) is 11.5 Å². The molecule has 160 valence electrons. The summed E-state index contributed by atoms with van der Waals surface area (Å²) < 4.78 is 31.2. The molecule has 0 spiro atoms. The maximum Gasteiger partial charge on any atom is 0.216 e. The summed E-state index contributed by atoms with van der Waals surface area (Å²) in [5.74, 6) is 0.587. The Balaban J connectivity index is 2.74. The van der Waals surface area contributed by atoms with Crippen molar-refractivity contribution in [1.29, 1.82) is 5.26 Å². The molecule has 0 heterocycles. The SMILES string of the molecule is COc1cccc(S(=O)(=O)/C(C#N)=C\c2cc(C(C)(C)C)c(O)c(C(C)(C)C)c2)c1. The van der Waals surface area contributed by atoms with Crippen LogP contribution >= 0.6 is 0 Å². The summed E-state index contributed by atoms with van der Waals surface area (Å²) in [6.07, 6.45) is 1.36. The van der Waals surface area contributed by atoms with E-state index in [4.69, 9.17) is 4.74 Å². The summed E-state index contributed by atoms with van der Waals surface area (Å²) in [5.41, 5.74) is 1.19. The van der Waals surface area contributed by atoms with Crippen molar-refractivity contribution < 1.29 is 18.3 Å². The molecule has 0 aliphatic carbocycles. The fourth-order valence-electron chi connectivity index (χ4n) is 3.10. The quantitative estimate of drug-likeness (QED) is 0.666. The van der Waals surface area contributed by atoms with Crippen LogP contribution in [0, 0.1) is 11.3 Å². The maximum absolute atomic E-state index is 13.1. The first-order chi connectivity index (χ1) is 13.7. The third kappa shape index (κ3) is 4.85. The molecule has 6 heteroatoms. The third-order valence-corrected chi connectivity index (χ3v) is 6.46. The molecule has 30 heavy (non-hydrogen) atoms. The van der Waals surface area contributed by atoms with Gasteiger partial charge in [-0.1, -0.05) is 47.6 Å². The average molecular weight is 428 g/mol. The number of hydrogen-bond donors (Lipinski definition) is 1. The van der Waals surface area contributed by atoms with E-state index in [1.54, 1.807) is 24.3 Å². The molecule has 0 amide bonds. The van der Waals surface area contributed by atoms with E-state index in [-0.39, 0.29) is 26.4 Å². The van der Waals surface area contributed by atoms with Gasteiger partial charge in [0, 0.05) is 11.1 Å². The molecule has 2 aromatic rings. The minimum atomic E-state index is -4.03. The number of allylic oxidation sites excluding steroid dienone is 1. The van der Waals surface area contributed by atoms with Gasteiger partial charge in [-0.05, 0) is 52.8 Å². The Labute approximate surface area is 179 Å². The first-order valence-electron chi connectivity index (χ1n) is 9.60. The lowest BCUT2D eigenvalue weighted by molar-refractivity contribution is 0.413. The van der Waals surface area contributed by atoms with E-state index < -0.39 is 9.84 Å². The van der Waals surface area contributed by atoms with Crippen molar-refractivity contribution in [2.45, 2.75) is 57.3 Å². The standard InChI is InChI=1S/C24H29NO4S/c1-23(2,3)20-12-16(13-21(22(20)26)24(4,5)6)11-19(15-25)30(27,28)18-10-8-9-17(14-18)29-7/h8-14,26H,1-7H3/b19-11-. The minimum absolute atomic E-state index is 0.0134. The highest BCUT2D eigenvalue weighted by Gasteiger charge is 2.27. The summed E-state index contributed by atoms with van der Waals surface area (Å²) in [6.45, 7) is 11.8. The maximum atomic E-state index is 13.1. The van der Waals surface area contributed by atoms with Crippen molar-refractivity contribution in [1.82, 2.24) is 0 Å². The minimum Gasteiger partial charge on any atom is -0.507 e. The topological polar surface area (TPSA) is 87.4 Å². The summed E-state index contributed by atoms with van der Waals surface area (Å²) in [4.78, 5) is -0.387. The second-order valence-corrected chi connectivity index (χ2v) is 11.2. The van der Waals surface area contributed by atoms with Crippen LogP contribution in [0.25, 0.3) is 6.08 Å². The van der Waals surface area contributed by atoms with Crippen LogP contribution in [0.3, 0.4) is 0 Å². The Morgan fingerprint density at radius 1 is 1.03 bits per heavy atom. The van der Waals surface area contributed by atoms with E-state index in [1.165, 1.54) is 25.3 Å². The molecule has 0 aliphatic heterocycles. The number of nitriles is 1. The highest BCUT2D eigenvalue weighted by molar-refractivity contribution is 7.95. The lowest BCUT2D eigenvalue weighted by Crippen LogP contribution is -2.17. The number of rotatable bonds is 4. The van der Waals surface area contributed by atoms with Gasteiger partial charge < -0.3 is 9.84 Å². The van der Waals surface area contributed by atoms with Crippen molar-refractivity contribution in [2.75, 3.05) is 7.11 Å². The number of phenols is 1. The number of ether oxygens (including phenoxy) is 1. The number of sulfone groups is 1. The van der Waals surface area contributed by atoms with Crippen molar-refractivity contribution >= 4 is 15.9 Å². The van der Waals surface area contributed by atoms with Gasteiger partial charge in [0.1, 0.15) is 22.5 Å². The highest BCUT2D eigenvalue weighted by Crippen LogP contribution is 2.40. The van der Waals surface area contributed by atoms with Gasteiger partial charge in [0.25, 0.3) is 0 Å². The van der Waals surface area contributed by atoms with Gasteiger partial charge in [0.2, 0.25) is 9.84 Å². The van der Waals surface area contributed by atoms with Gasteiger partial charge in [-0.15, -0.1) is 0 Å². The van der Waals surface area contributed by atoms with Gasteiger partial charge in [0.15, 0.2) is 0 Å². The van der Waals surface area contributed by atoms with Crippen LogP contribution in [0.2, 0.25) is 0 Å². The first kappa shape index (κ1) is 23.5. The highest BCUT2D eigenvalue weighted by atomic mass is 32.2. The lowest BCUT2D eigenvalue weighted by atomic mass is 9.78. The van der Waals surface area contributed by atoms with E-state index in [9.17, 15) is 18.8 Å². The molecule has 0 aromatic heterocycles. The van der Waals surface area contributed by atoms with Crippen LogP contribution in [0.15, 0.2) is 46.2 Å². The van der Waals surface area contributed by atoms with Crippen LogP contribution in [0.4, 0.5) is 0 Å². The number of nitrogens with zero attached hydrogens (tertiary/aromatic N) is 1. The number of phenolic OH excluding ortho intramolecular Hbond substituents is 1. The number of hydrogen-bond acceptors (Lipinski definition) is 5. The van der Waals surface area contributed by atoms with E-state index in [2.05, 4.69) is 0 Å². The van der Waals surface area contributed by atoms with Crippen molar-refractivity contribution in [3.63, 3.8) is 0 Å². The van der Waals surface area contributed by atoms with Crippen molar-refractivity contribution in [3.8, 4) is 17.6 Å². The number of benzene rings is 2. The molecule has 2 rings (SSSR count). The van der Waals surface area contributed by atoms with Gasteiger partial charge in [-0.2, -0.15) is 5.26 Å². The largest absolute Gasteiger partial charge is 0.507 e. The van der Waals surface area contributed by atoms with E-state index >= 15 is 0 Å². The Morgan fingerprint density at radius 2 is 1.57 bits per heavy atom. The second-order valence-electron chi connectivity index (χ2n) is 9.27. The molecular formula is C24H29NO4S. The Morgan fingerprint density at radius 3 is 2.00 bits per heavy atom. The Hall–Kier alpha value is -2.78. The zero-order chi connectivity index (χ0) is 22.9. The summed E-state index contributed by atoms with van der Waals surface area (Å²) in [5, 5.41) is 20.5. The normalized spacial score (nSPS) is 13.1. The van der Waals surface area contributed by atoms with E-state index in [0.717, 1.165) is 0 Å². The number of aromatic hydroxyl groups is 1. The number of methoxy groups -OCH3 is 1. The molecule has 0 saturated carbocycles. The van der Waals surface area contributed by atoms with Crippen LogP contribution in [-0.4, -0.2) is 20.6 Å². The molecule has 0 aliphatic rings. The van der Waals surface area contributed by atoms with Crippen molar-refractivity contribution in [3.05, 3.63) is 58.0 Å². The molecule has 0 atom stereocenters. The zero-order valence-electron chi connectivity index (χ0n) is 18.6. The molecule has 0 saturated heterocycles. The fraction of sp³-hybridized carbons (Fsp3) is 0.375. The van der Waals surface area contributed by atoms with Crippen LogP contribution < -0.4 is 4.74 Å². The van der Waals surface area contributed by atoms with Crippen molar-refractivity contribution in [2.24, 2.45) is 0 Å². The zero-order valence-corrected chi connectivity index (χ0v) is 19.4. The molecule has 0 bridgehead atoms. The second kappa shape index (κ2) is 8.16. The summed E-state index contributed by atoms with van der Waals surface area (Å²) in [6, 6.07) is 11.3. The van der Waals surface area contributed by atoms with Gasteiger partial charge in [-0.25, -0.2) is 8.42 Å².